The third-order valence-corrected chi connectivity index (χ3v) is 2.57. The van der Waals surface area contributed by atoms with Crippen LogP contribution in [0.25, 0.3) is 0 Å². The van der Waals surface area contributed by atoms with Crippen LogP contribution in [0.4, 0.5) is 0 Å². The van der Waals surface area contributed by atoms with E-state index in [1.165, 1.54) is 0 Å². The van der Waals surface area contributed by atoms with Crippen molar-refractivity contribution in [3.8, 4) is 5.75 Å². The van der Waals surface area contributed by atoms with Gasteiger partial charge in [-0.3, -0.25) is 9.59 Å². The van der Waals surface area contributed by atoms with Gasteiger partial charge in [-0.05, 0) is 23.8 Å². The van der Waals surface area contributed by atoms with Gasteiger partial charge in [0, 0.05) is 12.0 Å². The van der Waals surface area contributed by atoms with E-state index in [9.17, 15) is 9.59 Å². The van der Waals surface area contributed by atoms with Crippen LogP contribution < -0.4 is 4.74 Å². The van der Waals surface area contributed by atoms with Gasteiger partial charge in [-0.2, -0.15) is 0 Å². The highest BCUT2D eigenvalue weighted by Crippen LogP contribution is 2.26. The molecule has 0 aromatic heterocycles. The molecular weight excluding hydrogens is 216 g/mol. The van der Waals surface area contributed by atoms with Crippen LogP contribution in [-0.2, 0) is 11.2 Å². The van der Waals surface area contributed by atoms with E-state index in [1.54, 1.807) is 18.2 Å². The number of Topliss-reactive ketones (excluding diaryl/α,β-unsaturated/α-hetero) is 2. The van der Waals surface area contributed by atoms with Crippen LogP contribution in [0.1, 0.15) is 15.9 Å². The fourth-order valence-corrected chi connectivity index (χ4v) is 1.67. The first-order chi connectivity index (χ1) is 7.22. The fraction of sp³-hybridized carbons (Fsp3) is 0.273. The summed E-state index contributed by atoms with van der Waals surface area (Å²) < 4.78 is 5.30. The van der Waals surface area contributed by atoms with Crippen LogP contribution >= 0.6 is 11.6 Å². The largest absolute Gasteiger partial charge is 0.493 e. The average molecular weight is 225 g/mol. The first kappa shape index (κ1) is 10.2. The minimum atomic E-state index is -0.574. The molecule has 2 rings (SSSR count). The number of benzene rings is 1. The van der Waals surface area contributed by atoms with Gasteiger partial charge in [-0.1, -0.05) is 0 Å². The maximum Gasteiger partial charge on any atom is 0.229 e. The number of ketones is 2. The summed E-state index contributed by atoms with van der Waals surface area (Å²) in [6, 6.07) is 5.02. The number of carbonyl (C=O) groups excluding carboxylic acids is 2. The Bertz CT molecular complexity index is 426. The van der Waals surface area contributed by atoms with E-state index in [-0.39, 0.29) is 5.88 Å². The lowest BCUT2D eigenvalue weighted by atomic mass is 10.0. The summed E-state index contributed by atoms with van der Waals surface area (Å²) in [6.07, 6.45) is 0.783. The summed E-state index contributed by atoms with van der Waals surface area (Å²) >= 11 is 5.32. The molecular formula is C11H9ClO3. The standard InChI is InChI=1S/C11H9ClO3/c12-6-9(13)11(14)8-1-2-10-7(5-8)3-4-15-10/h1-2,5H,3-4,6H2. The molecule has 1 aromatic rings. The number of hydrogen-bond acceptors (Lipinski definition) is 3. The Morgan fingerprint density at radius 2 is 2.20 bits per heavy atom. The van der Waals surface area contributed by atoms with Gasteiger partial charge in [-0.25, -0.2) is 0 Å². The SMILES string of the molecule is O=C(CCl)C(=O)c1ccc2c(c1)CCO2. The fourth-order valence-electron chi connectivity index (χ4n) is 1.55. The van der Waals surface area contributed by atoms with Crippen LogP contribution in [0, 0.1) is 0 Å². The minimum Gasteiger partial charge on any atom is -0.493 e. The predicted octanol–water partition coefficient (Wildman–Crippen LogP) is 1.61. The van der Waals surface area contributed by atoms with E-state index in [4.69, 9.17) is 16.3 Å². The van der Waals surface area contributed by atoms with Crippen LogP contribution in [0.15, 0.2) is 18.2 Å². The number of alkyl halides is 1. The Kier molecular flexibility index (Phi) is 2.73. The molecule has 78 valence electrons. The number of rotatable bonds is 3. The Morgan fingerprint density at radius 1 is 1.40 bits per heavy atom. The van der Waals surface area contributed by atoms with Crippen molar-refractivity contribution >= 4 is 23.2 Å². The summed E-state index contributed by atoms with van der Waals surface area (Å²) in [5.74, 6) is -0.577. The van der Waals surface area contributed by atoms with Gasteiger partial charge < -0.3 is 4.74 Å². The monoisotopic (exact) mass is 224 g/mol. The van der Waals surface area contributed by atoms with E-state index in [1.807, 2.05) is 0 Å². The van der Waals surface area contributed by atoms with Gasteiger partial charge in [0.25, 0.3) is 0 Å². The van der Waals surface area contributed by atoms with Crippen LogP contribution in [0.5, 0.6) is 5.75 Å². The Balaban J connectivity index is 2.30. The maximum absolute atomic E-state index is 11.5. The predicted molar refractivity (Wildman–Crippen MR) is 55.7 cm³/mol. The van der Waals surface area contributed by atoms with Gasteiger partial charge >= 0.3 is 0 Å². The van der Waals surface area contributed by atoms with Crippen LogP contribution in [0.3, 0.4) is 0 Å². The second-order valence-corrected chi connectivity index (χ2v) is 3.57. The van der Waals surface area contributed by atoms with Crippen molar-refractivity contribution in [1.29, 1.82) is 0 Å². The zero-order valence-corrected chi connectivity index (χ0v) is 8.71. The molecule has 3 nitrogen and oxygen atoms in total. The zero-order chi connectivity index (χ0) is 10.8. The van der Waals surface area contributed by atoms with Crippen molar-refractivity contribution < 1.29 is 14.3 Å². The average Bonchev–Trinajstić information content (AvgIpc) is 2.73. The van der Waals surface area contributed by atoms with E-state index >= 15 is 0 Å². The molecule has 1 aliphatic heterocycles. The summed E-state index contributed by atoms with van der Waals surface area (Å²) in [6.45, 7) is 0.635. The van der Waals surface area contributed by atoms with Crippen LogP contribution in [0.2, 0.25) is 0 Å². The molecule has 0 saturated carbocycles. The van der Waals surface area contributed by atoms with Gasteiger partial charge in [-0.15, -0.1) is 11.6 Å². The van der Waals surface area contributed by atoms with E-state index < -0.39 is 11.6 Å². The number of halogens is 1. The normalized spacial score (nSPS) is 13.1. The van der Waals surface area contributed by atoms with Gasteiger partial charge in [0.15, 0.2) is 0 Å². The lowest BCUT2D eigenvalue weighted by molar-refractivity contribution is -0.112. The second kappa shape index (κ2) is 4.03. The highest BCUT2D eigenvalue weighted by Gasteiger charge is 2.18. The van der Waals surface area contributed by atoms with Gasteiger partial charge in [0.05, 0.1) is 12.5 Å². The third kappa shape index (κ3) is 1.88. The van der Waals surface area contributed by atoms with Crippen molar-refractivity contribution in [2.75, 3.05) is 12.5 Å². The van der Waals surface area contributed by atoms with Crippen molar-refractivity contribution in [2.45, 2.75) is 6.42 Å². The number of hydrogen-bond donors (Lipinski definition) is 0. The Hall–Kier alpha value is -1.35. The summed E-state index contributed by atoms with van der Waals surface area (Å²) in [7, 11) is 0. The van der Waals surface area contributed by atoms with Gasteiger partial charge in [0.2, 0.25) is 11.6 Å². The molecule has 0 atom stereocenters. The molecule has 4 heteroatoms. The second-order valence-electron chi connectivity index (χ2n) is 3.31. The summed E-state index contributed by atoms with van der Waals surface area (Å²) in [5, 5.41) is 0. The van der Waals surface area contributed by atoms with E-state index in [2.05, 4.69) is 0 Å². The first-order valence-corrected chi connectivity index (χ1v) is 5.15. The highest BCUT2D eigenvalue weighted by atomic mass is 35.5. The van der Waals surface area contributed by atoms with E-state index in [0.717, 1.165) is 17.7 Å². The maximum atomic E-state index is 11.5. The van der Waals surface area contributed by atoms with Gasteiger partial charge in [0.1, 0.15) is 5.75 Å². The molecule has 1 aromatic carbocycles. The quantitative estimate of drug-likeness (QED) is 0.445. The van der Waals surface area contributed by atoms with Crippen LogP contribution in [-0.4, -0.2) is 24.1 Å². The minimum absolute atomic E-state index is 0.271. The first-order valence-electron chi connectivity index (χ1n) is 4.61. The van der Waals surface area contributed by atoms with Crippen molar-refractivity contribution in [1.82, 2.24) is 0 Å². The molecule has 0 spiro atoms. The molecule has 0 N–H and O–H groups in total. The Morgan fingerprint density at radius 3 is 2.93 bits per heavy atom. The third-order valence-electron chi connectivity index (χ3n) is 2.33. The lowest BCUT2D eigenvalue weighted by Crippen LogP contribution is -2.15. The molecule has 0 amide bonds. The molecule has 15 heavy (non-hydrogen) atoms. The molecule has 0 radical (unpaired) electrons. The summed E-state index contributed by atoms with van der Waals surface area (Å²) in [5.41, 5.74) is 1.37. The topological polar surface area (TPSA) is 43.4 Å². The number of carbonyl (C=O) groups is 2. The molecule has 0 bridgehead atoms. The lowest BCUT2D eigenvalue weighted by Gasteiger charge is -2.01. The smallest absolute Gasteiger partial charge is 0.229 e. The molecule has 0 aliphatic carbocycles. The Labute approximate surface area is 92.0 Å². The molecule has 0 unspecified atom stereocenters. The number of fused-ring (bicyclic) bond motifs is 1. The molecule has 1 heterocycles. The van der Waals surface area contributed by atoms with Crippen molar-refractivity contribution in [3.63, 3.8) is 0 Å². The molecule has 0 fully saturated rings. The zero-order valence-electron chi connectivity index (χ0n) is 7.96. The summed E-state index contributed by atoms with van der Waals surface area (Å²) in [4.78, 5) is 22.6. The van der Waals surface area contributed by atoms with Crippen molar-refractivity contribution in [3.05, 3.63) is 29.3 Å². The highest BCUT2D eigenvalue weighted by molar-refractivity contribution is 6.51. The van der Waals surface area contributed by atoms with E-state index in [0.29, 0.717) is 12.2 Å². The number of ether oxygens (including phenoxy) is 1. The molecule has 1 aliphatic rings. The molecule has 0 saturated heterocycles. The van der Waals surface area contributed by atoms with Crippen molar-refractivity contribution in [2.24, 2.45) is 0 Å².